The van der Waals surface area contributed by atoms with Gasteiger partial charge in [0.05, 0.1) is 18.6 Å². The quantitative estimate of drug-likeness (QED) is 0.350. The van der Waals surface area contributed by atoms with Crippen molar-refractivity contribution in [3.05, 3.63) is 66.8 Å². The summed E-state index contributed by atoms with van der Waals surface area (Å²) in [6.07, 6.45) is 10.4. The van der Waals surface area contributed by atoms with Crippen LogP contribution in [-0.2, 0) is 23.9 Å². The first-order valence-corrected chi connectivity index (χ1v) is 14.0. The van der Waals surface area contributed by atoms with Crippen LogP contribution in [0.1, 0.15) is 32.1 Å². The first-order chi connectivity index (χ1) is 19.0. The number of hydrogen-bond donors (Lipinski definition) is 1. The number of rotatable bonds is 6. The van der Waals surface area contributed by atoms with E-state index in [0.717, 1.165) is 29.3 Å². The van der Waals surface area contributed by atoms with E-state index in [-0.39, 0.29) is 18.4 Å². The van der Waals surface area contributed by atoms with Gasteiger partial charge in [-0.3, -0.25) is 14.4 Å². The van der Waals surface area contributed by atoms with Crippen LogP contribution >= 0.6 is 0 Å². The Labute approximate surface area is 227 Å². The third-order valence-electron chi connectivity index (χ3n) is 8.45. The minimum atomic E-state index is -1.27. The zero-order chi connectivity index (χ0) is 27.0. The van der Waals surface area contributed by atoms with E-state index in [4.69, 9.17) is 9.47 Å². The van der Waals surface area contributed by atoms with Crippen LogP contribution < -0.4 is 4.90 Å². The Hall–Kier alpha value is -3.49. The van der Waals surface area contributed by atoms with Gasteiger partial charge in [0, 0.05) is 25.4 Å². The third kappa shape index (κ3) is 4.36. The van der Waals surface area contributed by atoms with Crippen molar-refractivity contribution in [1.82, 2.24) is 4.90 Å². The summed E-state index contributed by atoms with van der Waals surface area (Å²) < 4.78 is 12.2. The Morgan fingerprint density at radius 2 is 1.82 bits per heavy atom. The lowest BCUT2D eigenvalue weighted by Crippen LogP contribution is -2.55. The van der Waals surface area contributed by atoms with Crippen molar-refractivity contribution >= 4 is 34.2 Å². The molecule has 4 aliphatic heterocycles. The van der Waals surface area contributed by atoms with Gasteiger partial charge in [0.1, 0.15) is 17.6 Å². The number of allylic oxidation sites excluding steroid dienone is 1. The predicted octanol–water partition coefficient (Wildman–Crippen LogP) is 3.38. The molecule has 2 aromatic rings. The molecule has 0 radical (unpaired) electrons. The number of benzene rings is 2. The smallest absolute Gasteiger partial charge is 0.312 e. The number of unbranched alkanes of at least 4 members (excludes halogenated alkanes) is 2. The van der Waals surface area contributed by atoms with Gasteiger partial charge in [-0.2, -0.15) is 0 Å². The number of nitrogens with zero attached hydrogens (tertiary/aromatic N) is 2. The molecule has 2 fully saturated rings. The topological polar surface area (TPSA) is 96.4 Å². The lowest BCUT2D eigenvalue weighted by molar-refractivity contribution is -0.154. The highest BCUT2D eigenvalue weighted by molar-refractivity contribution is 6.06. The van der Waals surface area contributed by atoms with Crippen molar-refractivity contribution in [2.75, 3.05) is 31.2 Å². The number of fused-ring (bicyclic) bond motifs is 3. The van der Waals surface area contributed by atoms with Crippen LogP contribution in [0.5, 0.6) is 0 Å². The zero-order valence-electron chi connectivity index (χ0n) is 21.9. The summed E-state index contributed by atoms with van der Waals surface area (Å²) in [4.78, 5) is 45.2. The molecular formula is C31H34N2O6. The Morgan fingerprint density at radius 3 is 2.67 bits per heavy atom. The van der Waals surface area contributed by atoms with Crippen LogP contribution in [0.2, 0.25) is 0 Å². The fourth-order valence-electron chi connectivity index (χ4n) is 6.64. The first-order valence-electron chi connectivity index (χ1n) is 14.0. The number of hydrogen-bond acceptors (Lipinski definition) is 6. The van der Waals surface area contributed by atoms with Crippen molar-refractivity contribution in [3.63, 3.8) is 0 Å². The van der Waals surface area contributed by atoms with Crippen LogP contribution in [0.15, 0.2) is 66.8 Å². The van der Waals surface area contributed by atoms with Gasteiger partial charge in [0.15, 0.2) is 0 Å². The molecule has 0 saturated carbocycles. The van der Waals surface area contributed by atoms with E-state index in [0.29, 0.717) is 39.0 Å². The maximum absolute atomic E-state index is 14.5. The predicted molar refractivity (Wildman–Crippen MR) is 146 cm³/mol. The monoisotopic (exact) mass is 530 g/mol. The molecule has 0 aromatic heterocycles. The SMILES string of the molecule is O=C1OCCC/C=C\[C@H]2O[C@]34C=CCN(c5ccc6ccccc6c5)C(=O)C3N(CCCCCO)C(=O)[C@@H]4[C@@H]12. The minimum absolute atomic E-state index is 0.0758. The van der Waals surface area contributed by atoms with Crippen molar-refractivity contribution in [3.8, 4) is 0 Å². The second-order valence-electron chi connectivity index (χ2n) is 10.8. The van der Waals surface area contributed by atoms with Gasteiger partial charge in [0.2, 0.25) is 5.91 Å². The Kier molecular flexibility index (Phi) is 6.99. The Bertz CT molecular complexity index is 1340. The molecule has 39 heavy (non-hydrogen) atoms. The molecule has 5 atom stereocenters. The lowest BCUT2D eigenvalue weighted by Gasteiger charge is -2.35. The van der Waals surface area contributed by atoms with E-state index < -0.39 is 35.6 Å². The van der Waals surface area contributed by atoms with Gasteiger partial charge in [-0.1, -0.05) is 54.6 Å². The zero-order valence-corrected chi connectivity index (χ0v) is 21.9. The van der Waals surface area contributed by atoms with Gasteiger partial charge in [0.25, 0.3) is 5.91 Å². The number of carbonyl (C=O) groups is 3. The van der Waals surface area contributed by atoms with E-state index in [1.165, 1.54) is 0 Å². The van der Waals surface area contributed by atoms with Crippen LogP contribution in [0.25, 0.3) is 10.8 Å². The molecule has 2 aromatic carbocycles. The van der Waals surface area contributed by atoms with Crippen LogP contribution in [-0.4, -0.2) is 71.8 Å². The van der Waals surface area contributed by atoms with Crippen molar-refractivity contribution < 1.29 is 29.0 Å². The molecule has 0 aliphatic carbocycles. The molecule has 4 aliphatic rings. The third-order valence-corrected chi connectivity index (χ3v) is 8.45. The number of aliphatic hydroxyl groups excluding tert-OH is 1. The van der Waals surface area contributed by atoms with Crippen LogP contribution in [0, 0.1) is 11.8 Å². The van der Waals surface area contributed by atoms with Gasteiger partial charge < -0.3 is 24.4 Å². The standard InChI is InChI=1S/C31H34N2O6/c34-18-7-2-6-16-33-27-29(36)32(23-14-13-21-10-4-5-11-22(21)20-23)17-9-15-31(27)26(28(33)35)25-24(39-31)12-3-1-8-19-38-30(25)37/h3-5,9-15,20,24-27,34H,1-2,6-8,16-19H2/b12-3-/t24-,25+,26+,27?,31+/m1/s1. The number of anilines is 1. The summed E-state index contributed by atoms with van der Waals surface area (Å²) >= 11 is 0. The van der Waals surface area contributed by atoms with Crippen LogP contribution in [0.3, 0.4) is 0 Å². The second-order valence-corrected chi connectivity index (χ2v) is 10.8. The number of aliphatic hydroxyl groups is 1. The average Bonchev–Trinajstić information content (AvgIpc) is 3.35. The first kappa shape index (κ1) is 25.8. The summed E-state index contributed by atoms with van der Waals surface area (Å²) in [5, 5.41) is 11.3. The minimum Gasteiger partial charge on any atom is -0.465 e. The summed E-state index contributed by atoms with van der Waals surface area (Å²) in [6.45, 7) is 1.04. The molecule has 2 saturated heterocycles. The number of ether oxygens (including phenoxy) is 2. The van der Waals surface area contributed by atoms with Crippen molar-refractivity contribution in [1.29, 1.82) is 0 Å². The molecule has 4 heterocycles. The van der Waals surface area contributed by atoms with E-state index in [2.05, 4.69) is 0 Å². The summed E-state index contributed by atoms with van der Waals surface area (Å²) in [6, 6.07) is 13.0. The van der Waals surface area contributed by atoms with E-state index in [1.54, 1.807) is 9.80 Å². The van der Waals surface area contributed by atoms with Gasteiger partial charge in [-0.25, -0.2) is 0 Å². The molecule has 6 rings (SSSR count). The van der Waals surface area contributed by atoms with Crippen molar-refractivity contribution in [2.24, 2.45) is 11.8 Å². The normalized spacial score (nSPS) is 31.2. The Morgan fingerprint density at radius 1 is 0.974 bits per heavy atom. The van der Waals surface area contributed by atoms with E-state index >= 15 is 0 Å². The molecular weight excluding hydrogens is 496 g/mol. The molecule has 8 heteroatoms. The number of cyclic esters (lactones) is 1. The largest absolute Gasteiger partial charge is 0.465 e. The highest BCUT2D eigenvalue weighted by Gasteiger charge is 2.71. The van der Waals surface area contributed by atoms with Crippen molar-refractivity contribution in [2.45, 2.75) is 49.9 Å². The lowest BCUT2D eigenvalue weighted by atomic mass is 9.78. The fraction of sp³-hybridized carbons (Fsp3) is 0.452. The number of esters is 1. The molecule has 1 N–H and O–H groups in total. The summed E-state index contributed by atoms with van der Waals surface area (Å²) in [7, 11) is 0. The summed E-state index contributed by atoms with van der Waals surface area (Å²) in [5.41, 5.74) is -0.523. The molecule has 1 unspecified atom stereocenters. The Balaban J connectivity index is 1.41. The number of carbonyl (C=O) groups excluding carboxylic acids is 3. The fourth-order valence-corrected chi connectivity index (χ4v) is 6.64. The molecule has 2 amide bonds. The maximum Gasteiger partial charge on any atom is 0.312 e. The van der Waals surface area contributed by atoms with E-state index in [9.17, 15) is 19.5 Å². The molecule has 0 bridgehead atoms. The highest BCUT2D eigenvalue weighted by atomic mass is 16.6. The molecule has 8 nitrogen and oxygen atoms in total. The van der Waals surface area contributed by atoms with E-state index in [1.807, 2.05) is 66.8 Å². The summed E-state index contributed by atoms with van der Waals surface area (Å²) in [5.74, 6) is -2.59. The molecule has 1 spiro atoms. The average molecular weight is 531 g/mol. The van der Waals surface area contributed by atoms with Gasteiger partial charge in [-0.15, -0.1) is 0 Å². The maximum atomic E-state index is 14.5. The number of likely N-dealkylation sites (tertiary alicyclic amines) is 1. The van der Waals surface area contributed by atoms with Crippen LogP contribution in [0.4, 0.5) is 5.69 Å². The highest BCUT2D eigenvalue weighted by Crippen LogP contribution is 2.53. The second kappa shape index (κ2) is 10.6. The molecule has 204 valence electrons. The van der Waals surface area contributed by atoms with Gasteiger partial charge >= 0.3 is 5.97 Å². The van der Waals surface area contributed by atoms with Gasteiger partial charge in [-0.05, 0) is 55.0 Å². The number of amides is 2.